The number of halogens is 3. The molecule has 0 radical (unpaired) electrons. The summed E-state index contributed by atoms with van der Waals surface area (Å²) in [4.78, 5) is 0. The molecule has 100 valence electrons. The van der Waals surface area contributed by atoms with E-state index in [1.807, 2.05) is 31.2 Å². The summed E-state index contributed by atoms with van der Waals surface area (Å²) in [5.41, 5.74) is 2.99. The lowest BCUT2D eigenvalue weighted by Crippen LogP contribution is -2.01. The molecule has 0 atom stereocenters. The molecule has 0 saturated carbocycles. The fourth-order valence-electron chi connectivity index (χ4n) is 1.75. The van der Waals surface area contributed by atoms with Crippen molar-refractivity contribution in [2.75, 3.05) is 5.32 Å². The van der Waals surface area contributed by atoms with Gasteiger partial charge in [0.2, 0.25) is 0 Å². The van der Waals surface area contributed by atoms with E-state index in [-0.39, 0.29) is 5.75 Å². The van der Waals surface area contributed by atoms with Gasteiger partial charge in [0.05, 0.1) is 5.69 Å². The zero-order valence-electron chi connectivity index (χ0n) is 10.2. The zero-order valence-corrected chi connectivity index (χ0v) is 14.9. The van der Waals surface area contributed by atoms with Crippen molar-refractivity contribution in [1.82, 2.24) is 0 Å². The molecule has 19 heavy (non-hydrogen) atoms. The van der Waals surface area contributed by atoms with Gasteiger partial charge in [0, 0.05) is 25.5 Å². The first-order chi connectivity index (χ1) is 8.97. The molecule has 0 amide bonds. The SMILES string of the molecule is Cc1cc(Br)c(NCc2cc(Br)ccc2O)c(Br)c1. The maximum atomic E-state index is 9.81. The lowest BCUT2D eigenvalue weighted by Gasteiger charge is -2.13. The minimum atomic E-state index is 0.287. The summed E-state index contributed by atoms with van der Waals surface area (Å²) in [5, 5.41) is 13.1. The minimum Gasteiger partial charge on any atom is -0.508 e. The summed E-state index contributed by atoms with van der Waals surface area (Å²) >= 11 is 10.5. The average molecular weight is 450 g/mol. The van der Waals surface area contributed by atoms with Crippen LogP contribution in [0.15, 0.2) is 43.7 Å². The van der Waals surface area contributed by atoms with Gasteiger partial charge in [0.25, 0.3) is 0 Å². The maximum Gasteiger partial charge on any atom is 0.120 e. The summed E-state index contributed by atoms with van der Waals surface area (Å²) < 4.78 is 2.94. The Morgan fingerprint density at radius 1 is 1.05 bits per heavy atom. The number of aromatic hydroxyl groups is 1. The van der Waals surface area contributed by atoms with Crippen LogP contribution in [0.2, 0.25) is 0 Å². The predicted octanol–water partition coefficient (Wildman–Crippen LogP) is 5.60. The van der Waals surface area contributed by atoms with Crippen molar-refractivity contribution in [2.45, 2.75) is 13.5 Å². The van der Waals surface area contributed by atoms with Crippen LogP contribution in [-0.2, 0) is 6.54 Å². The monoisotopic (exact) mass is 447 g/mol. The van der Waals surface area contributed by atoms with Gasteiger partial charge in [-0.25, -0.2) is 0 Å². The first-order valence-corrected chi connectivity index (χ1v) is 8.02. The van der Waals surface area contributed by atoms with E-state index in [1.165, 1.54) is 5.56 Å². The maximum absolute atomic E-state index is 9.81. The van der Waals surface area contributed by atoms with Crippen molar-refractivity contribution < 1.29 is 5.11 Å². The summed E-state index contributed by atoms with van der Waals surface area (Å²) in [6, 6.07) is 9.50. The number of hydrogen-bond donors (Lipinski definition) is 2. The van der Waals surface area contributed by atoms with Crippen LogP contribution in [-0.4, -0.2) is 5.11 Å². The first-order valence-electron chi connectivity index (χ1n) is 5.64. The fraction of sp³-hybridized carbons (Fsp3) is 0.143. The standard InChI is InChI=1S/C14H12Br3NO/c1-8-4-11(16)14(12(17)5-8)18-7-9-6-10(15)2-3-13(9)19/h2-6,18-19H,7H2,1H3. The number of hydrogen-bond acceptors (Lipinski definition) is 2. The smallest absolute Gasteiger partial charge is 0.120 e. The second-order valence-electron chi connectivity index (χ2n) is 4.23. The van der Waals surface area contributed by atoms with E-state index in [1.54, 1.807) is 6.07 Å². The molecule has 0 fully saturated rings. The third kappa shape index (κ3) is 3.74. The molecular formula is C14H12Br3NO. The Labute approximate surface area is 137 Å². The highest BCUT2D eigenvalue weighted by atomic mass is 79.9. The number of nitrogens with one attached hydrogen (secondary N) is 1. The summed E-state index contributed by atoms with van der Waals surface area (Å²) in [5.74, 6) is 0.287. The highest BCUT2D eigenvalue weighted by Gasteiger charge is 2.08. The Morgan fingerprint density at radius 3 is 2.32 bits per heavy atom. The van der Waals surface area contributed by atoms with Crippen LogP contribution in [0.25, 0.3) is 0 Å². The number of aryl methyl sites for hydroxylation is 1. The molecule has 2 rings (SSSR count). The topological polar surface area (TPSA) is 32.3 Å². The van der Waals surface area contributed by atoms with Crippen LogP contribution >= 0.6 is 47.8 Å². The van der Waals surface area contributed by atoms with Gasteiger partial charge in [-0.15, -0.1) is 0 Å². The highest BCUT2D eigenvalue weighted by Crippen LogP contribution is 2.33. The molecule has 0 aliphatic rings. The van der Waals surface area contributed by atoms with E-state index in [9.17, 15) is 5.11 Å². The van der Waals surface area contributed by atoms with Gasteiger partial charge < -0.3 is 10.4 Å². The van der Waals surface area contributed by atoms with Crippen molar-refractivity contribution in [1.29, 1.82) is 0 Å². The zero-order chi connectivity index (χ0) is 14.0. The van der Waals surface area contributed by atoms with Crippen molar-refractivity contribution in [3.63, 3.8) is 0 Å². The Kier molecular flexibility index (Phi) is 4.92. The second-order valence-corrected chi connectivity index (χ2v) is 6.85. The van der Waals surface area contributed by atoms with Crippen molar-refractivity contribution in [2.24, 2.45) is 0 Å². The number of phenols is 1. The summed E-state index contributed by atoms with van der Waals surface area (Å²) in [7, 11) is 0. The molecular weight excluding hydrogens is 438 g/mol. The van der Waals surface area contributed by atoms with Gasteiger partial charge in [0.1, 0.15) is 5.75 Å². The molecule has 2 nitrogen and oxygen atoms in total. The molecule has 0 spiro atoms. The van der Waals surface area contributed by atoms with E-state index in [4.69, 9.17) is 0 Å². The van der Waals surface area contributed by atoms with Gasteiger partial charge in [-0.2, -0.15) is 0 Å². The Balaban J connectivity index is 2.21. The molecule has 0 bridgehead atoms. The van der Waals surface area contributed by atoms with E-state index < -0.39 is 0 Å². The van der Waals surface area contributed by atoms with Crippen LogP contribution in [0, 0.1) is 6.92 Å². The molecule has 5 heteroatoms. The molecule has 0 unspecified atom stereocenters. The number of benzene rings is 2. The second kappa shape index (κ2) is 6.29. The van der Waals surface area contributed by atoms with Crippen molar-refractivity contribution in [3.05, 3.63) is 54.9 Å². The predicted molar refractivity (Wildman–Crippen MR) is 89.7 cm³/mol. The third-order valence-corrected chi connectivity index (χ3v) is 4.43. The van der Waals surface area contributed by atoms with Crippen LogP contribution in [0.3, 0.4) is 0 Å². The van der Waals surface area contributed by atoms with Crippen molar-refractivity contribution >= 4 is 53.5 Å². The highest BCUT2D eigenvalue weighted by molar-refractivity contribution is 9.11. The van der Waals surface area contributed by atoms with Crippen LogP contribution in [0.4, 0.5) is 5.69 Å². The van der Waals surface area contributed by atoms with Gasteiger partial charge in [-0.1, -0.05) is 15.9 Å². The third-order valence-electron chi connectivity index (χ3n) is 2.68. The molecule has 0 aliphatic heterocycles. The molecule has 0 heterocycles. The lowest BCUT2D eigenvalue weighted by molar-refractivity contribution is 0.469. The van der Waals surface area contributed by atoms with E-state index in [0.717, 1.165) is 24.7 Å². The van der Waals surface area contributed by atoms with Gasteiger partial charge in [-0.3, -0.25) is 0 Å². The molecule has 2 aromatic carbocycles. The molecule has 0 saturated heterocycles. The first kappa shape index (κ1) is 14.9. The quantitative estimate of drug-likeness (QED) is 0.639. The summed E-state index contributed by atoms with van der Waals surface area (Å²) in [6.07, 6.45) is 0. The Bertz CT molecular complexity index is 591. The molecule has 0 aliphatic carbocycles. The Hall–Kier alpha value is -0.520. The summed E-state index contributed by atoms with van der Waals surface area (Å²) in [6.45, 7) is 2.59. The van der Waals surface area contributed by atoms with Crippen LogP contribution in [0.1, 0.15) is 11.1 Å². The van der Waals surface area contributed by atoms with Gasteiger partial charge >= 0.3 is 0 Å². The lowest BCUT2D eigenvalue weighted by atomic mass is 10.2. The molecule has 2 aromatic rings. The van der Waals surface area contributed by atoms with Gasteiger partial charge in [0.15, 0.2) is 0 Å². The van der Waals surface area contributed by atoms with Crippen LogP contribution in [0.5, 0.6) is 5.75 Å². The number of anilines is 1. The van der Waals surface area contributed by atoms with E-state index in [2.05, 4.69) is 53.1 Å². The molecule has 2 N–H and O–H groups in total. The fourth-order valence-corrected chi connectivity index (χ4v) is 3.85. The largest absolute Gasteiger partial charge is 0.508 e. The van der Waals surface area contributed by atoms with Gasteiger partial charge in [-0.05, 0) is 74.7 Å². The van der Waals surface area contributed by atoms with Crippen LogP contribution < -0.4 is 5.32 Å². The normalized spacial score (nSPS) is 10.5. The number of rotatable bonds is 3. The van der Waals surface area contributed by atoms with E-state index in [0.29, 0.717) is 6.54 Å². The molecule has 0 aromatic heterocycles. The number of phenolic OH excluding ortho intramolecular Hbond substituents is 1. The van der Waals surface area contributed by atoms with E-state index >= 15 is 0 Å². The average Bonchev–Trinajstić information content (AvgIpc) is 2.32. The van der Waals surface area contributed by atoms with Crippen molar-refractivity contribution in [3.8, 4) is 5.75 Å². The minimum absolute atomic E-state index is 0.287. The Morgan fingerprint density at radius 2 is 1.68 bits per heavy atom.